The summed E-state index contributed by atoms with van der Waals surface area (Å²) in [6, 6.07) is 15.0. The molecule has 0 N–H and O–H groups in total. The molecule has 2 aromatic rings. The Morgan fingerprint density at radius 1 is 0.900 bits per heavy atom. The normalized spacial score (nSPS) is 19.7. The smallest absolute Gasteiger partial charge is 0.243 e. The molecule has 2 aromatic carbocycles. The summed E-state index contributed by atoms with van der Waals surface area (Å²) < 4.78 is 32.9. The van der Waals surface area contributed by atoms with Gasteiger partial charge in [-0.25, -0.2) is 8.42 Å². The Morgan fingerprint density at radius 3 is 2.17 bits per heavy atom. The van der Waals surface area contributed by atoms with Gasteiger partial charge in [0.05, 0.1) is 17.7 Å². The van der Waals surface area contributed by atoms with Gasteiger partial charge >= 0.3 is 0 Å². The van der Waals surface area contributed by atoms with Gasteiger partial charge in [-0.2, -0.15) is 4.31 Å². The first-order chi connectivity index (χ1) is 14.5. The van der Waals surface area contributed by atoms with E-state index in [1.54, 1.807) is 35.7 Å². The second kappa shape index (κ2) is 9.14. The summed E-state index contributed by atoms with van der Waals surface area (Å²) in [7, 11) is -1.74. The van der Waals surface area contributed by atoms with Crippen LogP contribution in [0, 0.1) is 0 Å². The molecule has 0 aromatic heterocycles. The third kappa shape index (κ3) is 4.44. The van der Waals surface area contributed by atoms with Gasteiger partial charge in [0.25, 0.3) is 0 Å². The molecule has 2 heterocycles. The fourth-order valence-electron chi connectivity index (χ4n) is 4.42. The molecule has 0 spiro atoms. The van der Waals surface area contributed by atoms with E-state index in [-0.39, 0.29) is 0 Å². The van der Waals surface area contributed by atoms with Gasteiger partial charge in [-0.15, -0.1) is 0 Å². The molecule has 0 saturated carbocycles. The molecule has 0 aliphatic carbocycles. The van der Waals surface area contributed by atoms with Gasteiger partial charge in [-0.05, 0) is 49.2 Å². The van der Waals surface area contributed by atoms with E-state index in [0.717, 1.165) is 50.5 Å². The van der Waals surface area contributed by atoms with Crippen molar-refractivity contribution >= 4 is 27.3 Å². The van der Waals surface area contributed by atoms with E-state index >= 15 is 0 Å². The number of benzene rings is 2. The van der Waals surface area contributed by atoms with Crippen LogP contribution < -0.4 is 9.64 Å². The Morgan fingerprint density at radius 2 is 1.53 bits per heavy atom. The van der Waals surface area contributed by atoms with Crippen molar-refractivity contribution in [2.45, 2.75) is 23.8 Å². The summed E-state index contributed by atoms with van der Waals surface area (Å²) in [5.41, 5.74) is 1.14. The lowest BCUT2D eigenvalue weighted by molar-refractivity contribution is 0.132. The number of anilines is 1. The summed E-state index contributed by atoms with van der Waals surface area (Å²) in [4.78, 5) is 5.20. The average molecular weight is 450 g/mol. The van der Waals surface area contributed by atoms with Crippen molar-refractivity contribution in [3.63, 3.8) is 0 Å². The Hall–Kier alpha value is -1.80. The molecule has 2 aliphatic rings. The first-order valence-electron chi connectivity index (χ1n) is 10.4. The average Bonchev–Trinajstić information content (AvgIpc) is 2.79. The van der Waals surface area contributed by atoms with Gasteiger partial charge in [0.15, 0.2) is 0 Å². The number of ether oxygens (including phenoxy) is 1. The molecular formula is C22H28ClN3O3S. The van der Waals surface area contributed by atoms with Gasteiger partial charge in [0.2, 0.25) is 10.0 Å². The molecule has 0 unspecified atom stereocenters. The van der Waals surface area contributed by atoms with Crippen LogP contribution in [-0.2, 0) is 10.0 Å². The van der Waals surface area contributed by atoms with Gasteiger partial charge < -0.3 is 9.64 Å². The predicted molar refractivity (Wildman–Crippen MR) is 120 cm³/mol. The van der Waals surface area contributed by atoms with Crippen molar-refractivity contribution in [3.05, 3.63) is 53.6 Å². The molecule has 30 heavy (non-hydrogen) atoms. The number of sulfonamides is 1. The van der Waals surface area contributed by atoms with Crippen LogP contribution in [0.5, 0.6) is 5.75 Å². The lowest BCUT2D eigenvalue weighted by atomic mass is 10.0. The first kappa shape index (κ1) is 21.4. The van der Waals surface area contributed by atoms with Crippen LogP contribution in [0.4, 0.5) is 5.69 Å². The highest BCUT2D eigenvalue weighted by atomic mass is 35.5. The Kier molecular flexibility index (Phi) is 6.53. The molecule has 0 amide bonds. The van der Waals surface area contributed by atoms with E-state index in [1.165, 1.54) is 0 Å². The van der Waals surface area contributed by atoms with Crippen LogP contribution in [-0.4, -0.2) is 70.0 Å². The second-order valence-electron chi connectivity index (χ2n) is 7.78. The van der Waals surface area contributed by atoms with E-state index in [4.69, 9.17) is 16.3 Å². The zero-order chi connectivity index (χ0) is 21.1. The van der Waals surface area contributed by atoms with Crippen molar-refractivity contribution in [3.8, 4) is 5.75 Å². The molecule has 0 atom stereocenters. The molecule has 0 bridgehead atoms. The zero-order valence-corrected chi connectivity index (χ0v) is 18.8. The van der Waals surface area contributed by atoms with Gasteiger partial charge in [0.1, 0.15) is 5.75 Å². The molecule has 2 fully saturated rings. The summed E-state index contributed by atoms with van der Waals surface area (Å²) >= 11 is 5.89. The minimum Gasteiger partial charge on any atom is -0.495 e. The van der Waals surface area contributed by atoms with Gasteiger partial charge in [-0.3, -0.25) is 4.90 Å². The molecular weight excluding hydrogens is 422 g/mol. The molecule has 2 aliphatic heterocycles. The number of hydrogen-bond donors (Lipinski definition) is 0. The fraction of sp³-hybridized carbons (Fsp3) is 0.455. The highest BCUT2D eigenvalue weighted by Gasteiger charge is 2.33. The van der Waals surface area contributed by atoms with E-state index in [0.29, 0.717) is 29.0 Å². The van der Waals surface area contributed by atoms with E-state index in [1.807, 2.05) is 18.2 Å². The number of piperidine rings is 1. The topological polar surface area (TPSA) is 53.1 Å². The lowest BCUT2D eigenvalue weighted by Gasteiger charge is -2.43. The molecule has 162 valence electrons. The third-order valence-electron chi connectivity index (χ3n) is 6.13. The number of methoxy groups -OCH3 is 1. The van der Waals surface area contributed by atoms with Crippen molar-refractivity contribution in [1.29, 1.82) is 0 Å². The fourth-order valence-corrected chi connectivity index (χ4v) is 6.02. The van der Waals surface area contributed by atoms with Crippen LogP contribution in [0.15, 0.2) is 53.4 Å². The quantitative estimate of drug-likeness (QED) is 0.700. The van der Waals surface area contributed by atoms with Crippen LogP contribution in [0.25, 0.3) is 0 Å². The molecule has 4 rings (SSSR count). The highest BCUT2D eigenvalue weighted by Crippen LogP contribution is 2.30. The maximum Gasteiger partial charge on any atom is 0.243 e. The summed E-state index contributed by atoms with van der Waals surface area (Å²) in [5, 5.41) is 0.542. The molecule has 6 nitrogen and oxygen atoms in total. The second-order valence-corrected chi connectivity index (χ2v) is 10.2. The van der Waals surface area contributed by atoms with E-state index in [2.05, 4.69) is 15.9 Å². The molecule has 0 radical (unpaired) electrons. The van der Waals surface area contributed by atoms with Crippen LogP contribution >= 0.6 is 11.6 Å². The van der Waals surface area contributed by atoms with Crippen LogP contribution in [0.1, 0.15) is 12.8 Å². The number of rotatable bonds is 5. The Labute approximate surface area is 184 Å². The maximum atomic E-state index is 12.9. The van der Waals surface area contributed by atoms with Crippen molar-refractivity contribution in [2.24, 2.45) is 0 Å². The van der Waals surface area contributed by atoms with Gasteiger partial charge in [-0.1, -0.05) is 23.7 Å². The van der Waals surface area contributed by atoms with Crippen molar-refractivity contribution < 1.29 is 13.2 Å². The third-order valence-corrected chi connectivity index (χ3v) is 8.30. The number of para-hydroxylation sites is 2. The maximum absolute atomic E-state index is 12.9. The minimum atomic E-state index is -3.45. The highest BCUT2D eigenvalue weighted by molar-refractivity contribution is 7.89. The largest absolute Gasteiger partial charge is 0.495 e. The monoisotopic (exact) mass is 449 g/mol. The summed E-state index contributed by atoms with van der Waals surface area (Å²) in [5.74, 6) is 0.909. The predicted octanol–water partition coefficient (Wildman–Crippen LogP) is 3.32. The number of piperazine rings is 1. The van der Waals surface area contributed by atoms with Crippen molar-refractivity contribution in [1.82, 2.24) is 9.21 Å². The van der Waals surface area contributed by atoms with Crippen LogP contribution in [0.3, 0.4) is 0 Å². The Bertz CT molecular complexity index is 952. The van der Waals surface area contributed by atoms with Gasteiger partial charge in [0, 0.05) is 50.3 Å². The SMILES string of the molecule is COc1ccccc1N1CCN(C2CCN(S(=O)(=O)c3ccc(Cl)cc3)CC2)CC1. The minimum absolute atomic E-state index is 0.316. The standard InChI is InChI=1S/C22H28ClN3O3S/c1-29-22-5-3-2-4-21(22)25-16-14-24(15-17-25)19-10-12-26(13-11-19)30(27,28)20-8-6-18(23)7-9-20/h2-9,19H,10-17H2,1H3. The number of halogens is 1. The molecule has 2 saturated heterocycles. The van der Waals surface area contributed by atoms with Crippen molar-refractivity contribution in [2.75, 3.05) is 51.3 Å². The Balaban J connectivity index is 1.32. The first-order valence-corrected chi connectivity index (χ1v) is 12.2. The summed E-state index contributed by atoms with van der Waals surface area (Å²) in [6.07, 6.45) is 1.73. The zero-order valence-electron chi connectivity index (χ0n) is 17.2. The van der Waals surface area contributed by atoms with E-state index in [9.17, 15) is 8.42 Å². The van der Waals surface area contributed by atoms with Crippen LogP contribution in [0.2, 0.25) is 5.02 Å². The summed E-state index contributed by atoms with van der Waals surface area (Å²) in [6.45, 7) is 4.97. The van der Waals surface area contributed by atoms with E-state index < -0.39 is 10.0 Å². The number of nitrogens with zero attached hydrogens (tertiary/aromatic N) is 3. The number of hydrogen-bond acceptors (Lipinski definition) is 5. The lowest BCUT2D eigenvalue weighted by Crippen LogP contribution is -2.53. The molecule has 8 heteroatoms.